The fourth-order valence-corrected chi connectivity index (χ4v) is 1.62. The molecule has 0 saturated carbocycles. The summed E-state index contributed by atoms with van der Waals surface area (Å²) in [6.07, 6.45) is 1.74. The third-order valence-corrected chi connectivity index (χ3v) is 2.21. The van der Waals surface area contributed by atoms with Crippen LogP contribution in [0.15, 0.2) is 28.9 Å². The molecule has 0 unspecified atom stereocenters. The van der Waals surface area contributed by atoms with Crippen LogP contribution in [-0.4, -0.2) is 9.89 Å². The molecule has 1 aromatic carbocycles. The molecule has 2 N–H and O–H groups in total. The highest BCUT2D eigenvalue weighted by molar-refractivity contribution is 9.10. The molecule has 11 heavy (non-hydrogen) atoms. The van der Waals surface area contributed by atoms with Crippen molar-refractivity contribution < 1.29 is 0 Å². The van der Waals surface area contributed by atoms with Gasteiger partial charge in [-0.15, -0.1) is 0 Å². The van der Waals surface area contributed by atoms with Crippen LogP contribution in [0.4, 0.5) is 0 Å². The predicted molar refractivity (Wildman–Crippen MR) is 47.6 cm³/mol. The number of para-hydroxylation sites is 1. The number of nitrogens with two attached hydrogens (primary N) is 1. The van der Waals surface area contributed by atoms with Crippen LogP contribution in [0.25, 0.3) is 10.9 Å². The van der Waals surface area contributed by atoms with E-state index in [9.17, 15) is 0 Å². The Labute approximate surface area is 71.9 Å². The lowest BCUT2D eigenvalue weighted by Gasteiger charge is -1.95. The van der Waals surface area contributed by atoms with Gasteiger partial charge >= 0.3 is 0 Å². The first-order valence-corrected chi connectivity index (χ1v) is 3.95. The summed E-state index contributed by atoms with van der Waals surface area (Å²) < 4.78 is 0.968. The van der Waals surface area contributed by atoms with E-state index in [-0.39, 0.29) is 0 Å². The highest BCUT2D eigenvalue weighted by Gasteiger charge is 2.01. The largest absolute Gasteiger partial charge is 0.323 e. The molecule has 0 atom stereocenters. The maximum Gasteiger partial charge on any atom is 0.106 e. The molecule has 0 aliphatic carbocycles. The molecule has 2 rings (SSSR count). The fraction of sp³-hybridized carbons (Fsp3) is 0. The molecule has 56 valence electrons. The second-order valence-electron chi connectivity index (χ2n) is 2.27. The van der Waals surface area contributed by atoms with Gasteiger partial charge in [0.2, 0.25) is 0 Å². The molecule has 2 aromatic rings. The second-order valence-corrected chi connectivity index (χ2v) is 3.12. The van der Waals surface area contributed by atoms with Crippen molar-refractivity contribution in [2.24, 2.45) is 0 Å². The molecule has 0 aliphatic rings. The average molecular weight is 212 g/mol. The number of hydrogen-bond donors (Lipinski definition) is 1. The first-order valence-electron chi connectivity index (χ1n) is 3.16. The van der Waals surface area contributed by atoms with Gasteiger partial charge in [0.05, 0.1) is 6.20 Å². The van der Waals surface area contributed by atoms with Gasteiger partial charge < -0.3 is 5.84 Å². The van der Waals surface area contributed by atoms with E-state index < -0.39 is 0 Å². The third-order valence-electron chi connectivity index (χ3n) is 1.57. The quantitative estimate of drug-likeness (QED) is 0.672. The molecule has 0 aliphatic heterocycles. The highest BCUT2D eigenvalue weighted by atomic mass is 79.9. The van der Waals surface area contributed by atoms with Gasteiger partial charge in [-0.3, -0.25) is 0 Å². The summed E-state index contributed by atoms with van der Waals surface area (Å²) in [4.78, 5) is 1.36. The molecule has 0 radical (unpaired) electrons. The zero-order valence-corrected chi connectivity index (χ0v) is 7.25. The summed E-state index contributed by atoms with van der Waals surface area (Å²) in [6.45, 7) is 0. The zero-order valence-electron chi connectivity index (χ0n) is 5.66. The molecule has 0 spiro atoms. The van der Waals surface area contributed by atoms with Crippen molar-refractivity contribution in [1.82, 2.24) is 9.89 Å². The van der Waals surface area contributed by atoms with Crippen LogP contribution in [0.5, 0.6) is 0 Å². The van der Waals surface area contributed by atoms with Crippen LogP contribution in [0, 0.1) is 0 Å². The predicted octanol–water partition coefficient (Wildman–Crippen LogP) is 1.51. The normalized spacial score (nSPS) is 10.6. The maximum absolute atomic E-state index is 5.55. The van der Waals surface area contributed by atoms with Crippen LogP contribution >= 0.6 is 15.9 Å². The van der Waals surface area contributed by atoms with E-state index in [0.29, 0.717) is 0 Å². The lowest BCUT2D eigenvalue weighted by Crippen LogP contribution is -2.09. The summed E-state index contributed by atoms with van der Waals surface area (Å²) in [5, 5.41) is 4.96. The number of benzene rings is 1. The summed E-state index contributed by atoms with van der Waals surface area (Å²) in [6, 6.07) is 5.86. The Hall–Kier alpha value is -1.03. The topological polar surface area (TPSA) is 43.8 Å². The summed E-state index contributed by atoms with van der Waals surface area (Å²) in [5.41, 5.74) is 0.924. The van der Waals surface area contributed by atoms with Gasteiger partial charge in [-0.05, 0) is 22.0 Å². The molecular weight excluding hydrogens is 206 g/mol. The van der Waals surface area contributed by atoms with Crippen molar-refractivity contribution in [3.63, 3.8) is 0 Å². The number of nitrogens with zero attached hydrogens (tertiary/aromatic N) is 2. The minimum absolute atomic E-state index is 0.924. The lowest BCUT2D eigenvalue weighted by molar-refractivity contribution is 0.861. The van der Waals surface area contributed by atoms with E-state index >= 15 is 0 Å². The number of hydrogen-bond acceptors (Lipinski definition) is 2. The minimum atomic E-state index is 0.924. The van der Waals surface area contributed by atoms with Crippen molar-refractivity contribution in [1.29, 1.82) is 0 Å². The molecule has 0 saturated heterocycles. The van der Waals surface area contributed by atoms with Crippen molar-refractivity contribution >= 4 is 26.8 Å². The van der Waals surface area contributed by atoms with Crippen LogP contribution in [0.1, 0.15) is 0 Å². The van der Waals surface area contributed by atoms with Crippen molar-refractivity contribution in [3.8, 4) is 0 Å². The molecule has 0 bridgehead atoms. The Balaban J connectivity index is 2.96. The Kier molecular flexibility index (Phi) is 1.35. The van der Waals surface area contributed by atoms with E-state index in [4.69, 9.17) is 5.84 Å². The Morgan fingerprint density at radius 1 is 1.45 bits per heavy atom. The third kappa shape index (κ3) is 0.903. The van der Waals surface area contributed by atoms with Crippen LogP contribution in [0.3, 0.4) is 0 Å². The van der Waals surface area contributed by atoms with Crippen molar-refractivity contribution in [3.05, 3.63) is 28.9 Å². The Bertz CT molecular complexity index is 393. The number of fused-ring (bicyclic) bond motifs is 1. The van der Waals surface area contributed by atoms with E-state index in [1.165, 1.54) is 4.79 Å². The van der Waals surface area contributed by atoms with Gasteiger partial charge in [-0.2, -0.15) is 9.89 Å². The Morgan fingerprint density at radius 3 is 3.00 bits per heavy atom. The molecule has 1 aromatic heterocycles. The SMILES string of the molecule is Nn1ncc2cccc(Br)c21. The van der Waals surface area contributed by atoms with Gasteiger partial charge in [0.1, 0.15) is 5.52 Å². The summed E-state index contributed by atoms with van der Waals surface area (Å²) >= 11 is 3.39. The van der Waals surface area contributed by atoms with Crippen molar-refractivity contribution in [2.45, 2.75) is 0 Å². The van der Waals surface area contributed by atoms with E-state index in [1.54, 1.807) is 6.20 Å². The minimum Gasteiger partial charge on any atom is -0.323 e. The second kappa shape index (κ2) is 2.23. The van der Waals surface area contributed by atoms with Crippen molar-refractivity contribution in [2.75, 3.05) is 5.84 Å². The van der Waals surface area contributed by atoms with Crippen LogP contribution in [-0.2, 0) is 0 Å². The van der Waals surface area contributed by atoms with Gasteiger partial charge in [-0.1, -0.05) is 12.1 Å². The molecular formula is C7H6BrN3. The first kappa shape index (κ1) is 6.67. The molecule has 1 heterocycles. The van der Waals surface area contributed by atoms with E-state index in [1.807, 2.05) is 18.2 Å². The monoisotopic (exact) mass is 211 g/mol. The van der Waals surface area contributed by atoms with E-state index in [0.717, 1.165) is 15.4 Å². The summed E-state index contributed by atoms with van der Waals surface area (Å²) in [5.74, 6) is 5.55. The molecule has 0 fully saturated rings. The van der Waals surface area contributed by atoms with Crippen LogP contribution < -0.4 is 5.84 Å². The number of halogens is 1. The lowest BCUT2D eigenvalue weighted by atomic mass is 10.3. The zero-order chi connectivity index (χ0) is 7.84. The first-order chi connectivity index (χ1) is 5.29. The smallest absolute Gasteiger partial charge is 0.106 e. The number of nitrogen functional groups attached to an aromatic ring is 1. The fourth-order valence-electron chi connectivity index (χ4n) is 1.06. The van der Waals surface area contributed by atoms with E-state index in [2.05, 4.69) is 21.0 Å². The highest BCUT2D eigenvalue weighted by Crippen LogP contribution is 2.21. The van der Waals surface area contributed by atoms with Gasteiger partial charge in [-0.25, -0.2) is 0 Å². The van der Waals surface area contributed by atoms with Gasteiger partial charge in [0.15, 0.2) is 0 Å². The van der Waals surface area contributed by atoms with Gasteiger partial charge in [0, 0.05) is 9.86 Å². The molecule has 0 amide bonds. The maximum atomic E-state index is 5.55. The molecule has 3 nitrogen and oxygen atoms in total. The number of rotatable bonds is 0. The Morgan fingerprint density at radius 2 is 2.27 bits per heavy atom. The molecule has 4 heteroatoms. The van der Waals surface area contributed by atoms with Crippen LogP contribution in [0.2, 0.25) is 0 Å². The standard InChI is InChI=1S/C7H6BrN3/c8-6-3-1-2-5-4-10-11(9)7(5)6/h1-4H,9H2. The summed E-state index contributed by atoms with van der Waals surface area (Å²) in [7, 11) is 0. The average Bonchev–Trinajstić information content (AvgIpc) is 2.34. The number of aromatic nitrogens is 2. The van der Waals surface area contributed by atoms with Gasteiger partial charge in [0.25, 0.3) is 0 Å².